The van der Waals surface area contributed by atoms with E-state index in [-0.39, 0.29) is 23.3 Å². The van der Waals surface area contributed by atoms with Gasteiger partial charge in [-0.3, -0.25) is 9.48 Å². The van der Waals surface area contributed by atoms with Crippen molar-refractivity contribution in [2.24, 2.45) is 5.92 Å². The number of carbonyl (C=O) groups excluding carboxylic acids is 1. The third kappa shape index (κ3) is 5.48. The summed E-state index contributed by atoms with van der Waals surface area (Å²) in [6.45, 7) is 1.69. The van der Waals surface area contributed by atoms with Gasteiger partial charge in [0.1, 0.15) is 5.75 Å². The number of aromatic nitrogens is 2. The second-order valence-electron chi connectivity index (χ2n) is 8.60. The maximum Gasteiger partial charge on any atom is 0.243 e. The van der Waals surface area contributed by atoms with E-state index >= 15 is 0 Å². The summed E-state index contributed by atoms with van der Waals surface area (Å²) in [7, 11) is -0.376. The van der Waals surface area contributed by atoms with E-state index in [2.05, 4.69) is 5.10 Å². The van der Waals surface area contributed by atoms with Crippen LogP contribution in [-0.2, 0) is 27.9 Å². The van der Waals surface area contributed by atoms with Gasteiger partial charge in [0.2, 0.25) is 15.9 Å². The highest BCUT2D eigenvalue weighted by molar-refractivity contribution is 7.89. The first-order valence-electron chi connectivity index (χ1n) is 11.3. The lowest BCUT2D eigenvalue weighted by Crippen LogP contribution is -2.45. The van der Waals surface area contributed by atoms with E-state index in [4.69, 9.17) is 4.74 Å². The minimum absolute atomic E-state index is 0.0505. The maximum atomic E-state index is 13.2. The van der Waals surface area contributed by atoms with Crippen LogP contribution in [-0.4, -0.2) is 60.6 Å². The van der Waals surface area contributed by atoms with Gasteiger partial charge in [0.15, 0.2) is 0 Å². The zero-order valence-corrected chi connectivity index (χ0v) is 20.3. The van der Waals surface area contributed by atoms with E-state index in [1.807, 2.05) is 41.2 Å². The van der Waals surface area contributed by atoms with Crippen molar-refractivity contribution in [3.8, 4) is 5.75 Å². The van der Waals surface area contributed by atoms with Crippen molar-refractivity contribution < 1.29 is 17.9 Å². The number of hydrogen-bond donors (Lipinski definition) is 0. The predicted molar refractivity (Wildman–Crippen MR) is 129 cm³/mol. The van der Waals surface area contributed by atoms with Crippen LogP contribution in [0, 0.1) is 5.92 Å². The topological polar surface area (TPSA) is 84.7 Å². The number of methoxy groups -OCH3 is 1. The zero-order chi connectivity index (χ0) is 24.1. The van der Waals surface area contributed by atoms with Crippen molar-refractivity contribution in [2.75, 3.05) is 27.2 Å². The lowest BCUT2D eigenvalue weighted by atomic mass is 9.98. The van der Waals surface area contributed by atoms with Crippen LogP contribution in [0.2, 0.25) is 0 Å². The number of hydrogen-bond acceptors (Lipinski definition) is 5. The van der Waals surface area contributed by atoms with Gasteiger partial charge in [0, 0.05) is 38.4 Å². The molecule has 1 unspecified atom stereocenters. The Balaban J connectivity index is 1.37. The van der Waals surface area contributed by atoms with Crippen molar-refractivity contribution in [3.63, 3.8) is 0 Å². The third-order valence-electron chi connectivity index (χ3n) is 6.10. The maximum absolute atomic E-state index is 13.2. The van der Waals surface area contributed by atoms with Crippen LogP contribution in [0.1, 0.15) is 24.0 Å². The van der Waals surface area contributed by atoms with Gasteiger partial charge >= 0.3 is 0 Å². The van der Waals surface area contributed by atoms with Gasteiger partial charge in [-0.1, -0.05) is 30.3 Å². The van der Waals surface area contributed by atoms with Gasteiger partial charge in [0.05, 0.1) is 30.7 Å². The molecule has 180 valence electrons. The second-order valence-corrected chi connectivity index (χ2v) is 10.5. The minimum Gasteiger partial charge on any atom is -0.497 e. The van der Waals surface area contributed by atoms with Crippen LogP contribution >= 0.6 is 0 Å². The lowest BCUT2D eigenvalue weighted by molar-refractivity contribution is -0.135. The number of rotatable bonds is 8. The Morgan fingerprint density at radius 3 is 2.56 bits per heavy atom. The van der Waals surface area contributed by atoms with Gasteiger partial charge in [-0.25, -0.2) is 8.42 Å². The fourth-order valence-electron chi connectivity index (χ4n) is 4.27. The predicted octanol–water partition coefficient (Wildman–Crippen LogP) is 3.00. The van der Waals surface area contributed by atoms with Crippen LogP contribution in [0.25, 0.3) is 0 Å². The molecule has 8 nitrogen and oxygen atoms in total. The van der Waals surface area contributed by atoms with Crippen molar-refractivity contribution in [3.05, 3.63) is 78.1 Å². The molecule has 1 amide bonds. The average molecular weight is 483 g/mol. The smallest absolute Gasteiger partial charge is 0.243 e. The molecule has 1 atom stereocenters. The molecule has 0 spiro atoms. The van der Waals surface area contributed by atoms with Crippen LogP contribution in [0.3, 0.4) is 0 Å². The van der Waals surface area contributed by atoms with Crippen LogP contribution in [0.5, 0.6) is 5.75 Å². The summed E-state index contributed by atoms with van der Waals surface area (Å²) < 4.78 is 34.6. The highest BCUT2D eigenvalue weighted by Gasteiger charge is 2.34. The standard InChI is InChI=1S/C25H30N4O4S/c1-27(16-21-15-26-28(18-21)17-20-7-4-3-5-8-20)25(30)22-9-6-14-29(19-22)34(31,32)24-12-10-23(33-2)11-13-24/h3-5,7-8,10-13,15,18,22H,6,9,14,16-17,19H2,1-2H3. The number of ether oxygens (including phenoxy) is 1. The lowest BCUT2D eigenvalue weighted by Gasteiger charge is -2.33. The average Bonchev–Trinajstić information content (AvgIpc) is 3.30. The molecular formula is C25H30N4O4S. The highest BCUT2D eigenvalue weighted by Crippen LogP contribution is 2.26. The Morgan fingerprint density at radius 2 is 1.85 bits per heavy atom. The molecule has 34 heavy (non-hydrogen) atoms. The Hall–Kier alpha value is -3.17. The summed E-state index contributed by atoms with van der Waals surface area (Å²) >= 11 is 0. The first-order chi connectivity index (χ1) is 16.4. The Bertz CT molecular complexity index is 1210. The van der Waals surface area contributed by atoms with E-state index in [0.29, 0.717) is 38.2 Å². The first kappa shape index (κ1) is 24.0. The molecule has 1 aromatic heterocycles. The number of amides is 1. The number of benzene rings is 2. The summed E-state index contributed by atoms with van der Waals surface area (Å²) in [5, 5.41) is 4.41. The molecule has 4 rings (SSSR count). The molecule has 1 saturated heterocycles. The van der Waals surface area contributed by atoms with Crippen LogP contribution in [0.15, 0.2) is 71.9 Å². The third-order valence-corrected chi connectivity index (χ3v) is 7.98. The largest absolute Gasteiger partial charge is 0.497 e. The van der Waals surface area contributed by atoms with Crippen molar-refractivity contribution in [2.45, 2.75) is 30.8 Å². The summed E-state index contributed by atoms with van der Waals surface area (Å²) in [4.78, 5) is 15.0. The molecule has 1 fully saturated rings. The van der Waals surface area contributed by atoms with E-state index < -0.39 is 10.0 Å². The van der Waals surface area contributed by atoms with Gasteiger partial charge in [-0.05, 0) is 42.7 Å². The van der Waals surface area contributed by atoms with E-state index in [1.165, 1.54) is 11.4 Å². The summed E-state index contributed by atoms with van der Waals surface area (Å²) in [6, 6.07) is 16.4. The number of nitrogens with zero attached hydrogens (tertiary/aromatic N) is 4. The van der Waals surface area contributed by atoms with E-state index in [9.17, 15) is 13.2 Å². The molecule has 2 aromatic carbocycles. The Kier molecular flexibility index (Phi) is 7.33. The van der Waals surface area contributed by atoms with E-state index in [0.717, 1.165) is 11.1 Å². The van der Waals surface area contributed by atoms with Crippen molar-refractivity contribution >= 4 is 15.9 Å². The Labute approximate surface area is 200 Å². The Morgan fingerprint density at radius 1 is 1.12 bits per heavy atom. The van der Waals surface area contributed by atoms with Crippen LogP contribution < -0.4 is 4.74 Å². The van der Waals surface area contributed by atoms with Crippen LogP contribution in [0.4, 0.5) is 0 Å². The summed E-state index contributed by atoms with van der Waals surface area (Å²) in [5.41, 5.74) is 2.09. The molecule has 0 bridgehead atoms. The quantitative estimate of drug-likeness (QED) is 0.493. The fourth-order valence-corrected chi connectivity index (χ4v) is 5.79. The number of piperidine rings is 1. The first-order valence-corrected chi connectivity index (χ1v) is 12.8. The molecule has 9 heteroatoms. The molecule has 0 aliphatic carbocycles. The number of carbonyl (C=O) groups is 1. The molecule has 0 saturated carbocycles. The van der Waals surface area contributed by atoms with Gasteiger partial charge in [-0.15, -0.1) is 0 Å². The molecule has 2 heterocycles. The molecule has 0 radical (unpaired) electrons. The molecule has 3 aromatic rings. The normalized spacial score (nSPS) is 16.8. The molecular weight excluding hydrogens is 452 g/mol. The van der Waals surface area contributed by atoms with Gasteiger partial charge in [-0.2, -0.15) is 9.40 Å². The van der Waals surface area contributed by atoms with Gasteiger partial charge in [0.25, 0.3) is 0 Å². The van der Waals surface area contributed by atoms with E-state index in [1.54, 1.807) is 42.4 Å². The highest BCUT2D eigenvalue weighted by atomic mass is 32.2. The minimum atomic E-state index is -3.67. The fraction of sp³-hybridized carbons (Fsp3) is 0.360. The second kappa shape index (κ2) is 10.4. The molecule has 1 aliphatic rings. The molecule has 0 N–H and O–H groups in total. The zero-order valence-electron chi connectivity index (χ0n) is 19.5. The van der Waals surface area contributed by atoms with Crippen molar-refractivity contribution in [1.82, 2.24) is 19.0 Å². The monoisotopic (exact) mass is 482 g/mol. The number of sulfonamides is 1. The summed E-state index contributed by atoms with van der Waals surface area (Å²) in [5.74, 6) is 0.177. The van der Waals surface area contributed by atoms with Gasteiger partial charge < -0.3 is 9.64 Å². The van der Waals surface area contributed by atoms with Crippen molar-refractivity contribution in [1.29, 1.82) is 0 Å². The molecule has 1 aliphatic heterocycles. The summed E-state index contributed by atoms with van der Waals surface area (Å²) in [6.07, 6.45) is 5.03. The SMILES string of the molecule is COc1ccc(S(=O)(=O)N2CCCC(C(=O)N(C)Cc3cnn(Cc4ccccc4)c3)C2)cc1.